The first-order valence-corrected chi connectivity index (χ1v) is 10.8. The maximum absolute atomic E-state index is 12.7. The highest BCUT2D eigenvalue weighted by Gasteiger charge is 2.24. The number of hydrogen-bond donors (Lipinski definition) is 2. The van der Waals surface area contributed by atoms with Gasteiger partial charge < -0.3 is 5.11 Å². The van der Waals surface area contributed by atoms with Crippen molar-refractivity contribution in [3.05, 3.63) is 110 Å². The molecule has 0 saturated carbocycles. The molecule has 2 N–H and O–H groups in total. The van der Waals surface area contributed by atoms with E-state index in [1.54, 1.807) is 6.07 Å². The van der Waals surface area contributed by atoms with Gasteiger partial charge in [0.25, 0.3) is 5.56 Å². The van der Waals surface area contributed by atoms with Crippen molar-refractivity contribution < 1.29 is 5.11 Å². The molecule has 4 nitrogen and oxygen atoms in total. The number of halogens is 2. The normalized spacial score (nSPS) is 12.1. The highest BCUT2D eigenvalue weighted by molar-refractivity contribution is 9.10. The molecule has 0 spiro atoms. The molecular formula is C22H16BrClN2O2S. The number of nitrogens with zero attached hydrogens (tertiary/aromatic N) is 1. The van der Waals surface area contributed by atoms with E-state index in [1.165, 1.54) is 4.68 Å². The summed E-state index contributed by atoms with van der Waals surface area (Å²) in [7, 11) is 0. The first-order chi connectivity index (χ1) is 14.0. The number of benzene rings is 3. The van der Waals surface area contributed by atoms with Crippen LogP contribution in [0.2, 0.25) is 5.02 Å². The molecule has 1 unspecified atom stereocenters. The van der Waals surface area contributed by atoms with Crippen LogP contribution in [0.5, 0.6) is 5.88 Å². The SMILES string of the molecule is O=c1[nH]n(C(c2ccccc2)c2cccc(Br)c2)c(O)c1Sc1ccccc1Cl. The fourth-order valence-electron chi connectivity index (χ4n) is 3.14. The minimum atomic E-state index is -0.401. The Kier molecular flexibility index (Phi) is 5.85. The third-order valence-electron chi connectivity index (χ3n) is 4.45. The van der Waals surface area contributed by atoms with E-state index in [9.17, 15) is 9.90 Å². The zero-order valence-electron chi connectivity index (χ0n) is 15.0. The van der Waals surface area contributed by atoms with Gasteiger partial charge in [0, 0.05) is 9.37 Å². The predicted octanol–water partition coefficient (Wildman–Crippen LogP) is 6.09. The molecule has 0 fully saturated rings. The minimum Gasteiger partial charge on any atom is -0.493 e. The first-order valence-electron chi connectivity index (χ1n) is 8.81. The van der Waals surface area contributed by atoms with Crippen LogP contribution in [0.15, 0.2) is 97.9 Å². The molecule has 1 heterocycles. The van der Waals surface area contributed by atoms with Crippen molar-refractivity contribution in [2.45, 2.75) is 15.8 Å². The Balaban J connectivity index is 1.84. The molecule has 1 atom stereocenters. The molecule has 1 aromatic heterocycles. The topological polar surface area (TPSA) is 58.0 Å². The average molecular weight is 488 g/mol. The van der Waals surface area contributed by atoms with E-state index in [4.69, 9.17) is 11.6 Å². The van der Waals surface area contributed by atoms with Gasteiger partial charge in [0.2, 0.25) is 5.88 Å². The van der Waals surface area contributed by atoms with E-state index in [1.807, 2.05) is 72.8 Å². The van der Waals surface area contributed by atoms with Crippen LogP contribution in [-0.4, -0.2) is 14.9 Å². The largest absolute Gasteiger partial charge is 0.493 e. The number of aromatic hydroxyl groups is 1. The number of aromatic nitrogens is 2. The van der Waals surface area contributed by atoms with Crippen LogP contribution in [0.1, 0.15) is 17.2 Å². The van der Waals surface area contributed by atoms with Gasteiger partial charge in [-0.25, -0.2) is 4.68 Å². The predicted molar refractivity (Wildman–Crippen MR) is 120 cm³/mol. The lowest BCUT2D eigenvalue weighted by Gasteiger charge is -2.20. The van der Waals surface area contributed by atoms with Crippen molar-refractivity contribution in [2.24, 2.45) is 0 Å². The molecule has 4 aromatic rings. The van der Waals surface area contributed by atoms with Crippen molar-refractivity contribution in [3.8, 4) is 5.88 Å². The molecule has 7 heteroatoms. The summed E-state index contributed by atoms with van der Waals surface area (Å²) in [5.74, 6) is -0.131. The maximum atomic E-state index is 12.7. The molecule has 0 aliphatic heterocycles. The molecule has 0 bridgehead atoms. The summed E-state index contributed by atoms with van der Waals surface area (Å²) >= 11 is 10.9. The van der Waals surface area contributed by atoms with E-state index in [2.05, 4.69) is 21.0 Å². The third-order valence-corrected chi connectivity index (χ3v) is 6.53. The average Bonchev–Trinajstić information content (AvgIpc) is 2.99. The van der Waals surface area contributed by atoms with E-state index >= 15 is 0 Å². The van der Waals surface area contributed by atoms with E-state index < -0.39 is 6.04 Å². The minimum absolute atomic E-state index is 0.131. The van der Waals surface area contributed by atoms with E-state index in [0.717, 1.165) is 27.4 Å². The molecular weight excluding hydrogens is 472 g/mol. The van der Waals surface area contributed by atoms with Gasteiger partial charge >= 0.3 is 0 Å². The standard InChI is InChI=1S/C22H16BrClN2O2S/c23-16-10-6-9-15(13-16)19(14-7-2-1-3-8-14)26-22(28)20(21(27)25-26)29-18-12-5-4-11-17(18)24/h1-13,19,28H,(H,25,27). The summed E-state index contributed by atoms with van der Waals surface area (Å²) in [5, 5.41) is 14.3. The maximum Gasteiger partial charge on any atom is 0.282 e. The highest BCUT2D eigenvalue weighted by atomic mass is 79.9. The monoisotopic (exact) mass is 486 g/mol. The van der Waals surface area contributed by atoms with Gasteiger partial charge in [-0.1, -0.05) is 93.9 Å². The van der Waals surface area contributed by atoms with Gasteiger partial charge in [-0.2, -0.15) is 0 Å². The zero-order valence-corrected chi connectivity index (χ0v) is 18.2. The van der Waals surface area contributed by atoms with Gasteiger partial charge in [0.1, 0.15) is 10.9 Å². The molecule has 4 rings (SSSR count). The third kappa shape index (κ3) is 4.15. The van der Waals surface area contributed by atoms with Gasteiger partial charge in [0.15, 0.2) is 0 Å². The second-order valence-electron chi connectivity index (χ2n) is 6.36. The quantitative estimate of drug-likeness (QED) is 0.358. The van der Waals surface area contributed by atoms with Crippen molar-refractivity contribution in [2.75, 3.05) is 0 Å². The smallest absolute Gasteiger partial charge is 0.282 e. The van der Waals surface area contributed by atoms with Crippen LogP contribution < -0.4 is 5.56 Å². The van der Waals surface area contributed by atoms with Crippen molar-refractivity contribution >= 4 is 39.3 Å². The number of H-pyrrole nitrogens is 1. The van der Waals surface area contributed by atoms with E-state index in [0.29, 0.717) is 9.92 Å². The Morgan fingerprint density at radius 2 is 1.66 bits per heavy atom. The molecule has 3 aromatic carbocycles. The molecule has 0 amide bonds. The Labute approximate surface area is 185 Å². The Bertz CT molecular complexity index is 1210. The number of rotatable bonds is 5. The highest BCUT2D eigenvalue weighted by Crippen LogP contribution is 2.38. The first kappa shape index (κ1) is 19.9. The number of nitrogens with one attached hydrogen (secondary N) is 1. The van der Waals surface area contributed by atoms with Gasteiger partial charge in [0.05, 0.1) is 5.02 Å². The van der Waals surface area contributed by atoms with Gasteiger partial charge in [-0.15, -0.1) is 0 Å². The summed E-state index contributed by atoms with van der Waals surface area (Å²) in [4.78, 5) is 13.6. The van der Waals surface area contributed by atoms with Crippen LogP contribution >= 0.6 is 39.3 Å². The molecule has 29 heavy (non-hydrogen) atoms. The van der Waals surface area contributed by atoms with Crippen LogP contribution in [0, 0.1) is 0 Å². The summed E-state index contributed by atoms with van der Waals surface area (Å²) in [6, 6.07) is 24.3. The Morgan fingerprint density at radius 3 is 2.38 bits per heavy atom. The lowest BCUT2D eigenvalue weighted by Crippen LogP contribution is -2.16. The van der Waals surface area contributed by atoms with Crippen LogP contribution in [0.4, 0.5) is 0 Å². The molecule has 0 radical (unpaired) electrons. The van der Waals surface area contributed by atoms with Gasteiger partial charge in [-0.3, -0.25) is 9.89 Å². The zero-order chi connectivity index (χ0) is 20.4. The van der Waals surface area contributed by atoms with Crippen molar-refractivity contribution in [3.63, 3.8) is 0 Å². The summed E-state index contributed by atoms with van der Waals surface area (Å²) in [5.41, 5.74) is 1.48. The van der Waals surface area contributed by atoms with Crippen molar-refractivity contribution in [1.82, 2.24) is 9.78 Å². The lowest BCUT2D eigenvalue weighted by atomic mass is 9.99. The summed E-state index contributed by atoms with van der Waals surface area (Å²) in [6.45, 7) is 0. The number of hydrogen-bond acceptors (Lipinski definition) is 3. The molecule has 0 aliphatic carbocycles. The second kappa shape index (κ2) is 8.53. The summed E-state index contributed by atoms with van der Waals surface area (Å²) in [6.07, 6.45) is 0. The van der Waals surface area contributed by atoms with Crippen LogP contribution in [0.3, 0.4) is 0 Å². The second-order valence-corrected chi connectivity index (χ2v) is 8.74. The molecule has 0 saturated heterocycles. The van der Waals surface area contributed by atoms with Crippen molar-refractivity contribution in [1.29, 1.82) is 0 Å². The molecule has 146 valence electrons. The fraction of sp³-hybridized carbons (Fsp3) is 0.0455. The van der Waals surface area contributed by atoms with Gasteiger partial charge in [-0.05, 0) is 35.4 Å². The Hall–Kier alpha value is -2.41. The summed E-state index contributed by atoms with van der Waals surface area (Å²) < 4.78 is 2.41. The lowest BCUT2D eigenvalue weighted by molar-refractivity contribution is 0.384. The number of aromatic amines is 1. The molecule has 0 aliphatic rings. The fourth-order valence-corrected chi connectivity index (χ4v) is 4.67. The van der Waals surface area contributed by atoms with E-state index in [-0.39, 0.29) is 16.3 Å². The Morgan fingerprint density at radius 1 is 0.966 bits per heavy atom. The van der Waals surface area contributed by atoms with Crippen LogP contribution in [-0.2, 0) is 0 Å². The van der Waals surface area contributed by atoms with Crippen LogP contribution in [0.25, 0.3) is 0 Å².